The average molecular weight is 441 g/mol. The first-order valence-electron chi connectivity index (χ1n) is 9.53. The number of halogens is 2. The summed E-state index contributed by atoms with van der Waals surface area (Å²) in [5.41, 5.74) is 0.146. The van der Waals surface area contributed by atoms with Crippen molar-refractivity contribution in [1.82, 2.24) is 14.5 Å². The highest BCUT2D eigenvalue weighted by Crippen LogP contribution is 2.23. The van der Waals surface area contributed by atoms with Crippen LogP contribution in [0.2, 0.25) is 10.0 Å². The van der Waals surface area contributed by atoms with Crippen molar-refractivity contribution >= 4 is 34.8 Å². The van der Waals surface area contributed by atoms with Crippen LogP contribution in [-0.4, -0.2) is 28.1 Å². The fourth-order valence-electron chi connectivity index (χ4n) is 2.93. The number of benzene rings is 1. The van der Waals surface area contributed by atoms with Crippen LogP contribution < -0.4 is 21.9 Å². The molecule has 1 aromatic carbocycles. The highest BCUT2D eigenvalue weighted by molar-refractivity contribution is 6.42. The molecule has 0 fully saturated rings. The average Bonchev–Trinajstić information content (AvgIpc) is 2.70. The van der Waals surface area contributed by atoms with Gasteiger partial charge in [0.05, 0.1) is 10.0 Å². The summed E-state index contributed by atoms with van der Waals surface area (Å²) in [4.78, 5) is 37.5. The Bertz CT molecular complexity index is 998. The molecule has 1 amide bonds. The number of amides is 1. The number of carbonyl (C=O) groups excluding carboxylic acids is 1. The van der Waals surface area contributed by atoms with Crippen molar-refractivity contribution in [3.8, 4) is 0 Å². The number of hydrogen-bond donors (Lipinski definition) is 2. The van der Waals surface area contributed by atoms with E-state index >= 15 is 0 Å². The number of nitrogens with zero attached hydrogens (tertiary/aromatic N) is 2. The molecular weight excluding hydrogens is 415 g/mol. The van der Waals surface area contributed by atoms with Crippen molar-refractivity contribution in [2.75, 3.05) is 18.4 Å². The van der Waals surface area contributed by atoms with Gasteiger partial charge in [0.1, 0.15) is 11.4 Å². The maximum atomic E-state index is 12.7. The van der Waals surface area contributed by atoms with Gasteiger partial charge in [0.2, 0.25) is 0 Å². The molecule has 0 radical (unpaired) electrons. The zero-order valence-corrected chi connectivity index (χ0v) is 18.4. The minimum Gasteiger partial charge on any atom is -0.379 e. The molecule has 2 aromatic rings. The molecule has 1 aromatic heterocycles. The second-order valence-corrected chi connectivity index (χ2v) is 7.63. The van der Waals surface area contributed by atoms with Gasteiger partial charge >= 0.3 is 5.69 Å². The van der Waals surface area contributed by atoms with E-state index in [1.165, 1.54) is 18.7 Å². The largest absolute Gasteiger partial charge is 0.379 e. The van der Waals surface area contributed by atoms with E-state index in [4.69, 9.17) is 23.2 Å². The van der Waals surface area contributed by atoms with Gasteiger partial charge in [-0.25, -0.2) is 4.79 Å². The topological polar surface area (TPSA) is 85.1 Å². The molecule has 0 atom stereocenters. The van der Waals surface area contributed by atoms with Gasteiger partial charge in [0, 0.05) is 27.2 Å². The van der Waals surface area contributed by atoms with Gasteiger partial charge in [0.25, 0.3) is 11.5 Å². The second-order valence-electron chi connectivity index (χ2n) is 6.82. The minimum atomic E-state index is -0.544. The summed E-state index contributed by atoms with van der Waals surface area (Å²) in [6.07, 6.45) is 3.15. The normalized spacial score (nSPS) is 10.8. The third kappa shape index (κ3) is 5.64. The van der Waals surface area contributed by atoms with E-state index in [1.54, 1.807) is 12.1 Å². The van der Waals surface area contributed by atoms with E-state index in [9.17, 15) is 14.4 Å². The van der Waals surface area contributed by atoms with Gasteiger partial charge in [-0.1, -0.05) is 42.6 Å². The number of nitrogens with one attached hydrogen (secondary N) is 2. The number of aromatic nitrogens is 2. The Morgan fingerprint density at radius 3 is 2.41 bits per heavy atom. The SMILES string of the molecule is CCCCNc1c(C(=O)NCCCc2ccc(Cl)c(Cl)c2)n(C)c(=O)n(C)c1=O. The lowest BCUT2D eigenvalue weighted by Gasteiger charge is -2.16. The summed E-state index contributed by atoms with van der Waals surface area (Å²) in [5, 5.41) is 6.80. The van der Waals surface area contributed by atoms with Crippen molar-refractivity contribution in [3.63, 3.8) is 0 Å². The summed E-state index contributed by atoms with van der Waals surface area (Å²) in [6, 6.07) is 5.42. The van der Waals surface area contributed by atoms with Crippen molar-refractivity contribution in [2.24, 2.45) is 14.1 Å². The minimum absolute atomic E-state index is 0.0451. The maximum Gasteiger partial charge on any atom is 0.331 e. The Kier molecular flexibility index (Phi) is 8.34. The van der Waals surface area contributed by atoms with Gasteiger partial charge in [-0.15, -0.1) is 0 Å². The van der Waals surface area contributed by atoms with Crippen molar-refractivity contribution in [2.45, 2.75) is 32.6 Å². The Labute approximate surface area is 179 Å². The molecular formula is C20H26Cl2N4O3. The molecule has 0 aliphatic rings. The first-order chi connectivity index (χ1) is 13.8. The molecule has 0 aliphatic heterocycles. The zero-order chi connectivity index (χ0) is 21.6. The highest BCUT2D eigenvalue weighted by Gasteiger charge is 2.21. The van der Waals surface area contributed by atoms with Crippen LogP contribution in [0.1, 0.15) is 42.2 Å². The Morgan fingerprint density at radius 2 is 1.76 bits per heavy atom. The molecule has 0 saturated carbocycles. The van der Waals surface area contributed by atoms with Crippen LogP contribution in [0.5, 0.6) is 0 Å². The molecule has 0 spiro atoms. The molecule has 7 nitrogen and oxygen atoms in total. The molecule has 29 heavy (non-hydrogen) atoms. The van der Waals surface area contributed by atoms with Crippen LogP contribution in [0.25, 0.3) is 0 Å². The Balaban J connectivity index is 2.11. The van der Waals surface area contributed by atoms with Crippen LogP contribution in [0.4, 0.5) is 5.69 Å². The van der Waals surface area contributed by atoms with Crippen LogP contribution in [-0.2, 0) is 20.5 Å². The predicted molar refractivity (Wildman–Crippen MR) is 117 cm³/mol. The summed E-state index contributed by atoms with van der Waals surface area (Å²) in [7, 11) is 2.88. The molecule has 0 aliphatic carbocycles. The number of carbonyl (C=O) groups is 1. The lowest BCUT2D eigenvalue weighted by atomic mass is 10.1. The molecule has 158 valence electrons. The predicted octanol–water partition coefficient (Wildman–Crippen LogP) is 2.97. The first-order valence-corrected chi connectivity index (χ1v) is 10.3. The van der Waals surface area contributed by atoms with Gasteiger partial charge in [0.15, 0.2) is 0 Å². The molecule has 9 heteroatoms. The zero-order valence-electron chi connectivity index (χ0n) is 16.8. The molecule has 1 heterocycles. The summed E-state index contributed by atoms with van der Waals surface area (Å²) < 4.78 is 2.19. The number of rotatable bonds is 9. The number of unbranched alkanes of at least 4 members (excludes halogenated alkanes) is 1. The molecule has 0 unspecified atom stereocenters. The van der Waals surface area contributed by atoms with Crippen LogP contribution in [0.3, 0.4) is 0 Å². The molecule has 2 rings (SSSR count). The fraction of sp³-hybridized carbons (Fsp3) is 0.450. The van der Waals surface area contributed by atoms with E-state index in [2.05, 4.69) is 10.6 Å². The first kappa shape index (κ1) is 23.0. The van der Waals surface area contributed by atoms with Crippen molar-refractivity contribution in [3.05, 3.63) is 60.3 Å². The van der Waals surface area contributed by atoms with Gasteiger partial charge in [-0.05, 0) is 37.0 Å². The van der Waals surface area contributed by atoms with E-state index < -0.39 is 17.2 Å². The molecule has 0 bridgehead atoms. The summed E-state index contributed by atoms with van der Waals surface area (Å²) >= 11 is 11.9. The quantitative estimate of drug-likeness (QED) is 0.586. The third-order valence-electron chi connectivity index (χ3n) is 4.62. The van der Waals surface area contributed by atoms with Crippen LogP contribution in [0.15, 0.2) is 27.8 Å². The molecule has 2 N–H and O–H groups in total. The van der Waals surface area contributed by atoms with Crippen LogP contribution in [0, 0.1) is 0 Å². The van der Waals surface area contributed by atoms with E-state index in [-0.39, 0.29) is 11.4 Å². The Hall–Kier alpha value is -2.25. The smallest absolute Gasteiger partial charge is 0.331 e. The van der Waals surface area contributed by atoms with Gasteiger partial charge < -0.3 is 10.6 Å². The lowest BCUT2D eigenvalue weighted by Crippen LogP contribution is -2.43. The van der Waals surface area contributed by atoms with Gasteiger partial charge in [-0.2, -0.15) is 0 Å². The van der Waals surface area contributed by atoms with E-state index in [0.717, 1.165) is 23.0 Å². The number of aryl methyl sites for hydroxylation is 1. The van der Waals surface area contributed by atoms with E-state index in [1.807, 2.05) is 13.0 Å². The maximum absolute atomic E-state index is 12.7. The second kappa shape index (κ2) is 10.5. The summed E-state index contributed by atoms with van der Waals surface area (Å²) in [5.74, 6) is -0.463. The van der Waals surface area contributed by atoms with Gasteiger partial charge in [-0.3, -0.25) is 18.7 Å². The van der Waals surface area contributed by atoms with Crippen molar-refractivity contribution < 1.29 is 4.79 Å². The standard InChI is InChI=1S/C20H26Cl2N4O3/c1-4-5-10-23-16-17(25(2)20(29)26(3)19(16)28)18(27)24-11-6-7-13-8-9-14(21)15(22)12-13/h8-9,12,23H,4-7,10-11H2,1-3H3,(H,24,27). The van der Waals surface area contributed by atoms with Crippen molar-refractivity contribution in [1.29, 1.82) is 0 Å². The third-order valence-corrected chi connectivity index (χ3v) is 5.36. The van der Waals surface area contributed by atoms with Crippen LogP contribution >= 0.6 is 23.2 Å². The Morgan fingerprint density at radius 1 is 1.03 bits per heavy atom. The number of hydrogen-bond acceptors (Lipinski definition) is 4. The van der Waals surface area contributed by atoms with E-state index in [0.29, 0.717) is 36.0 Å². The lowest BCUT2D eigenvalue weighted by molar-refractivity contribution is 0.0944. The fourth-order valence-corrected chi connectivity index (χ4v) is 3.25. The summed E-state index contributed by atoms with van der Waals surface area (Å²) in [6.45, 7) is 2.96. The highest BCUT2D eigenvalue weighted by atomic mass is 35.5. The monoisotopic (exact) mass is 440 g/mol. The molecule has 0 saturated heterocycles. The number of anilines is 1.